The van der Waals surface area contributed by atoms with Gasteiger partial charge in [0.05, 0.1) is 19.6 Å². The van der Waals surface area contributed by atoms with E-state index in [2.05, 4.69) is 10.8 Å². The first-order valence-electron chi connectivity index (χ1n) is 3.95. The van der Waals surface area contributed by atoms with Crippen LogP contribution in [0.1, 0.15) is 25.7 Å². The number of hydrogen-bond acceptors (Lipinski definition) is 3. The van der Waals surface area contributed by atoms with E-state index in [0.29, 0.717) is 6.42 Å². The fraction of sp³-hybridized carbons (Fsp3) is 0.556. The predicted molar refractivity (Wildman–Crippen MR) is 43.1 cm³/mol. The minimum absolute atomic E-state index is 0.250. The minimum Gasteiger partial charge on any atom is -0.469 e. The molecule has 64 valence electrons. The van der Waals surface area contributed by atoms with E-state index >= 15 is 0 Å². The Balaban J connectivity index is 2.62. The maximum atomic E-state index is 10.9. The summed E-state index contributed by atoms with van der Waals surface area (Å²) in [6.45, 7) is 0. The molecule has 0 radical (unpaired) electrons. The Morgan fingerprint density at radius 1 is 1.67 bits per heavy atom. The molecular formula is C9H11NO2. The average Bonchev–Trinajstić information content (AvgIpc) is 2.51. The van der Waals surface area contributed by atoms with Crippen molar-refractivity contribution in [3.63, 3.8) is 0 Å². The first kappa shape index (κ1) is 8.79. The highest BCUT2D eigenvalue weighted by atomic mass is 16.5. The van der Waals surface area contributed by atoms with E-state index in [1.165, 1.54) is 7.11 Å². The Labute approximate surface area is 71.6 Å². The molecule has 0 fully saturated rings. The van der Waals surface area contributed by atoms with Gasteiger partial charge in [0.25, 0.3) is 0 Å². The zero-order chi connectivity index (χ0) is 8.97. The molecule has 0 N–H and O–H groups in total. The normalized spacial score (nSPS) is 16.0. The van der Waals surface area contributed by atoms with E-state index in [4.69, 9.17) is 5.26 Å². The fourth-order valence-corrected chi connectivity index (χ4v) is 1.38. The van der Waals surface area contributed by atoms with Crippen molar-refractivity contribution in [1.29, 1.82) is 5.26 Å². The molecule has 0 spiro atoms. The summed E-state index contributed by atoms with van der Waals surface area (Å²) in [5.74, 6) is -0.250. The second kappa shape index (κ2) is 3.91. The van der Waals surface area contributed by atoms with Crippen molar-refractivity contribution in [3.05, 3.63) is 11.1 Å². The second-order valence-corrected chi connectivity index (χ2v) is 2.80. The summed E-state index contributed by atoms with van der Waals surface area (Å²) in [4.78, 5) is 10.9. The summed E-state index contributed by atoms with van der Waals surface area (Å²) in [6, 6.07) is 2.12. The summed E-state index contributed by atoms with van der Waals surface area (Å²) < 4.78 is 4.52. The van der Waals surface area contributed by atoms with Crippen LogP contribution in [0.25, 0.3) is 0 Å². The number of carbonyl (C=O) groups excluding carboxylic acids is 1. The molecule has 0 saturated heterocycles. The van der Waals surface area contributed by atoms with Crippen LogP contribution in [0.2, 0.25) is 0 Å². The van der Waals surface area contributed by atoms with Crippen LogP contribution in [-0.4, -0.2) is 13.1 Å². The van der Waals surface area contributed by atoms with E-state index < -0.39 is 0 Å². The van der Waals surface area contributed by atoms with Gasteiger partial charge in [-0.05, 0) is 24.8 Å². The van der Waals surface area contributed by atoms with E-state index in [9.17, 15) is 4.79 Å². The van der Waals surface area contributed by atoms with Gasteiger partial charge in [-0.25, -0.2) is 0 Å². The first-order chi connectivity index (χ1) is 5.77. The largest absolute Gasteiger partial charge is 0.469 e. The number of esters is 1. The molecule has 0 heterocycles. The van der Waals surface area contributed by atoms with Crippen molar-refractivity contribution in [2.24, 2.45) is 0 Å². The third kappa shape index (κ3) is 1.85. The van der Waals surface area contributed by atoms with Crippen molar-refractivity contribution in [3.8, 4) is 6.07 Å². The highest BCUT2D eigenvalue weighted by Crippen LogP contribution is 2.27. The van der Waals surface area contributed by atoms with Crippen molar-refractivity contribution in [2.45, 2.75) is 25.7 Å². The van der Waals surface area contributed by atoms with Crippen LogP contribution in [0.5, 0.6) is 0 Å². The van der Waals surface area contributed by atoms with Crippen LogP contribution < -0.4 is 0 Å². The van der Waals surface area contributed by atoms with Gasteiger partial charge in [0.1, 0.15) is 0 Å². The lowest BCUT2D eigenvalue weighted by molar-refractivity contribution is -0.139. The Bertz CT molecular complexity index is 260. The van der Waals surface area contributed by atoms with E-state index in [1.807, 2.05) is 0 Å². The molecule has 0 aromatic heterocycles. The molecule has 12 heavy (non-hydrogen) atoms. The molecule has 0 aliphatic heterocycles. The van der Waals surface area contributed by atoms with Gasteiger partial charge in [0, 0.05) is 5.57 Å². The van der Waals surface area contributed by atoms with E-state index in [0.717, 1.165) is 30.4 Å². The predicted octanol–water partition coefficient (Wildman–Crippen LogP) is 1.55. The van der Waals surface area contributed by atoms with Gasteiger partial charge < -0.3 is 4.74 Å². The molecule has 0 atom stereocenters. The van der Waals surface area contributed by atoms with Gasteiger partial charge in [-0.15, -0.1) is 0 Å². The third-order valence-electron chi connectivity index (χ3n) is 2.05. The summed E-state index contributed by atoms with van der Waals surface area (Å²) in [5.41, 5.74) is 1.74. The molecule has 0 saturated carbocycles. The SMILES string of the molecule is COC(=O)CC1=C(C#N)CCC1. The van der Waals surface area contributed by atoms with Gasteiger partial charge in [0.2, 0.25) is 0 Å². The topological polar surface area (TPSA) is 50.1 Å². The first-order valence-corrected chi connectivity index (χ1v) is 3.95. The van der Waals surface area contributed by atoms with E-state index in [1.54, 1.807) is 0 Å². The number of carbonyl (C=O) groups is 1. The lowest BCUT2D eigenvalue weighted by atomic mass is 10.1. The number of rotatable bonds is 2. The quantitative estimate of drug-likeness (QED) is 0.583. The standard InChI is InChI=1S/C9H11NO2/c1-12-9(11)5-7-3-2-4-8(7)6-10/h2-5H2,1H3. The van der Waals surface area contributed by atoms with Crippen LogP contribution in [-0.2, 0) is 9.53 Å². The average molecular weight is 165 g/mol. The zero-order valence-corrected chi connectivity index (χ0v) is 7.09. The molecule has 1 rings (SSSR count). The van der Waals surface area contributed by atoms with Crippen molar-refractivity contribution < 1.29 is 9.53 Å². The molecule has 1 aliphatic carbocycles. The molecule has 0 bridgehead atoms. The molecule has 3 nitrogen and oxygen atoms in total. The molecule has 0 aromatic carbocycles. The maximum absolute atomic E-state index is 10.9. The smallest absolute Gasteiger partial charge is 0.309 e. The van der Waals surface area contributed by atoms with Crippen LogP contribution in [0.15, 0.2) is 11.1 Å². The number of methoxy groups -OCH3 is 1. The second-order valence-electron chi connectivity index (χ2n) is 2.80. The number of allylic oxidation sites excluding steroid dienone is 1. The van der Waals surface area contributed by atoms with Crippen molar-refractivity contribution >= 4 is 5.97 Å². The van der Waals surface area contributed by atoms with Gasteiger partial charge in [-0.3, -0.25) is 4.79 Å². The van der Waals surface area contributed by atoms with Crippen LogP contribution >= 0.6 is 0 Å². The van der Waals surface area contributed by atoms with Gasteiger partial charge in [-0.1, -0.05) is 0 Å². The monoisotopic (exact) mass is 165 g/mol. The number of nitrogens with zero attached hydrogens (tertiary/aromatic N) is 1. The number of ether oxygens (including phenoxy) is 1. The van der Waals surface area contributed by atoms with Crippen molar-refractivity contribution in [1.82, 2.24) is 0 Å². The fourth-order valence-electron chi connectivity index (χ4n) is 1.38. The third-order valence-corrected chi connectivity index (χ3v) is 2.05. The van der Waals surface area contributed by atoms with Gasteiger partial charge >= 0.3 is 5.97 Å². The minimum atomic E-state index is -0.250. The highest BCUT2D eigenvalue weighted by molar-refractivity contribution is 5.73. The molecule has 3 heteroatoms. The summed E-state index contributed by atoms with van der Waals surface area (Å²) in [7, 11) is 1.36. The van der Waals surface area contributed by atoms with Gasteiger partial charge in [-0.2, -0.15) is 5.26 Å². The van der Waals surface area contributed by atoms with Gasteiger partial charge in [0.15, 0.2) is 0 Å². The van der Waals surface area contributed by atoms with Crippen LogP contribution in [0, 0.1) is 11.3 Å². The van der Waals surface area contributed by atoms with Crippen LogP contribution in [0.3, 0.4) is 0 Å². The van der Waals surface area contributed by atoms with Crippen LogP contribution in [0.4, 0.5) is 0 Å². The Morgan fingerprint density at radius 2 is 2.42 bits per heavy atom. The molecule has 1 aliphatic rings. The number of hydrogen-bond donors (Lipinski definition) is 0. The summed E-state index contributed by atoms with van der Waals surface area (Å²) in [6.07, 6.45) is 2.98. The summed E-state index contributed by atoms with van der Waals surface area (Å²) >= 11 is 0. The molecule has 0 unspecified atom stereocenters. The molecule has 0 amide bonds. The molecule has 0 aromatic rings. The van der Waals surface area contributed by atoms with E-state index in [-0.39, 0.29) is 5.97 Å². The lowest BCUT2D eigenvalue weighted by Crippen LogP contribution is -2.01. The Hall–Kier alpha value is -1.30. The maximum Gasteiger partial charge on any atom is 0.309 e. The Kier molecular flexibility index (Phi) is 2.87. The molecular weight excluding hydrogens is 154 g/mol. The summed E-state index contributed by atoms with van der Waals surface area (Å²) in [5, 5.41) is 8.66. The lowest BCUT2D eigenvalue weighted by Gasteiger charge is -1.99. The zero-order valence-electron chi connectivity index (χ0n) is 7.09. The Morgan fingerprint density at radius 3 is 3.00 bits per heavy atom. The number of nitriles is 1. The highest BCUT2D eigenvalue weighted by Gasteiger charge is 2.16. The van der Waals surface area contributed by atoms with Crippen molar-refractivity contribution in [2.75, 3.05) is 7.11 Å².